The van der Waals surface area contributed by atoms with Gasteiger partial charge in [0.15, 0.2) is 6.61 Å². The van der Waals surface area contributed by atoms with E-state index in [0.717, 1.165) is 11.3 Å². The number of esters is 3. The van der Waals surface area contributed by atoms with Crippen molar-refractivity contribution >= 4 is 57.8 Å². The molecule has 152 valence electrons. The third-order valence-corrected chi connectivity index (χ3v) is 5.80. The summed E-state index contributed by atoms with van der Waals surface area (Å²) >= 11 is 2.23. The van der Waals surface area contributed by atoms with Crippen molar-refractivity contribution in [1.82, 2.24) is 4.90 Å². The number of ether oxygens (including phenoxy) is 3. The molecule has 2 heterocycles. The predicted molar refractivity (Wildman–Crippen MR) is 100 cm³/mol. The number of thioether (sulfide) groups is 1. The van der Waals surface area contributed by atoms with E-state index in [-0.39, 0.29) is 27.9 Å². The molecule has 12 heteroatoms. The Morgan fingerprint density at radius 3 is 2.39 bits per heavy atom. The molecule has 1 aromatic heterocycles. The first-order valence-corrected chi connectivity index (χ1v) is 9.86. The molecule has 2 rings (SSSR count). The van der Waals surface area contributed by atoms with Crippen molar-refractivity contribution in [3.63, 3.8) is 0 Å². The summed E-state index contributed by atoms with van der Waals surface area (Å²) in [5.74, 6) is -2.29. The average molecular weight is 430 g/mol. The Balaban J connectivity index is 2.02. The van der Waals surface area contributed by atoms with Gasteiger partial charge in [0.25, 0.3) is 5.91 Å². The van der Waals surface area contributed by atoms with Gasteiger partial charge in [-0.2, -0.15) is 0 Å². The van der Waals surface area contributed by atoms with Crippen LogP contribution in [0.5, 0.6) is 0 Å². The largest absolute Gasteiger partial charge is 0.465 e. The fourth-order valence-corrected chi connectivity index (χ4v) is 4.32. The minimum Gasteiger partial charge on any atom is -0.465 e. The SMILES string of the molecule is COC(=O)c1sc(NC(=O)COC(=O)CN2CSCC2=O)c(C(=O)OC)c1C. The Kier molecular flexibility index (Phi) is 7.40. The van der Waals surface area contributed by atoms with Crippen LogP contribution in [0.3, 0.4) is 0 Å². The highest BCUT2D eigenvalue weighted by molar-refractivity contribution is 8.00. The minimum absolute atomic E-state index is 0.0206. The summed E-state index contributed by atoms with van der Waals surface area (Å²) in [7, 11) is 2.36. The van der Waals surface area contributed by atoms with Gasteiger partial charge in [0.2, 0.25) is 5.91 Å². The monoisotopic (exact) mass is 430 g/mol. The van der Waals surface area contributed by atoms with Gasteiger partial charge in [0.05, 0.1) is 31.4 Å². The topological polar surface area (TPSA) is 128 Å². The maximum Gasteiger partial charge on any atom is 0.348 e. The molecule has 0 bridgehead atoms. The molecule has 1 aliphatic rings. The molecule has 1 fully saturated rings. The normalized spacial score (nSPS) is 13.2. The molecular formula is C16H18N2O8S2. The highest BCUT2D eigenvalue weighted by Gasteiger charge is 2.27. The highest BCUT2D eigenvalue weighted by atomic mass is 32.2. The molecule has 10 nitrogen and oxygen atoms in total. The third kappa shape index (κ3) is 5.01. The van der Waals surface area contributed by atoms with Gasteiger partial charge in [-0.25, -0.2) is 9.59 Å². The lowest BCUT2D eigenvalue weighted by Gasteiger charge is -2.13. The number of rotatable bonds is 7. The Bertz CT molecular complexity index is 820. The number of hydrogen-bond donors (Lipinski definition) is 1. The number of thiophene rings is 1. The number of methoxy groups -OCH3 is 2. The number of anilines is 1. The highest BCUT2D eigenvalue weighted by Crippen LogP contribution is 2.34. The summed E-state index contributed by atoms with van der Waals surface area (Å²) in [6.45, 7) is 0.673. The molecule has 1 aromatic rings. The Morgan fingerprint density at radius 1 is 1.14 bits per heavy atom. The van der Waals surface area contributed by atoms with Crippen LogP contribution in [0.25, 0.3) is 0 Å². The average Bonchev–Trinajstić information content (AvgIpc) is 3.21. The molecule has 0 aromatic carbocycles. The standard InChI is InChI=1S/C16H18N2O8S2/c1-8-12(15(22)24-2)14(28-13(8)16(23)25-3)17-9(19)5-26-11(21)4-18-7-27-6-10(18)20/h4-7H2,1-3H3,(H,17,19). The summed E-state index contributed by atoms with van der Waals surface area (Å²) in [5.41, 5.74) is 0.327. The summed E-state index contributed by atoms with van der Waals surface area (Å²) in [6.07, 6.45) is 0. The second kappa shape index (κ2) is 9.55. The third-order valence-electron chi connectivity index (χ3n) is 3.67. The van der Waals surface area contributed by atoms with Gasteiger partial charge < -0.3 is 24.4 Å². The Labute approximate surface area is 168 Å². The van der Waals surface area contributed by atoms with Crippen LogP contribution < -0.4 is 5.32 Å². The van der Waals surface area contributed by atoms with Gasteiger partial charge in [-0.1, -0.05) is 0 Å². The summed E-state index contributed by atoms with van der Waals surface area (Å²) < 4.78 is 14.2. The quantitative estimate of drug-likeness (QED) is 0.489. The number of amides is 2. The molecule has 0 atom stereocenters. The molecule has 28 heavy (non-hydrogen) atoms. The van der Waals surface area contributed by atoms with E-state index in [0.29, 0.717) is 17.2 Å². The van der Waals surface area contributed by atoms with Crippen molar-refractivity contribution in [2.45, 2.75) is 6.92 Å². The van der Waals surface area contributed by atoms with Crippen molar-refractivity contribution < 1.29 is 38.2 Å². The number of nitrogens with zero attached hydrogens (tertiary/aromatic N) is 1. The maximum atomic E-state index is 12.1. The molecule has 2 amide bonds. The lowest BCUT2D eigenvalue weighted by atomic mass is 10.1. The van der Waals surface area contributed by atoms with Gasteiger partial charge in [-0.15, -0.1) is 23.1 Å². The first-order valence-electron chi connectivity index (χ1n) is 7.89. The Morgan fingerprint density at radius 2 is 1.82 bits per heavy atom. The van der Waals surface area contributed by atoms with Gasteiger partial charge in [0.1, 0.15) is 16.4 Å². The van der Waals surface area contributed by atoms with Crippen LogP contribution in [-0.2, 0) is 28.6 Å². The first-order chi connectivity index (χ1) is 13.3. The van der Waals surface area contributed by atoms with Crippen molar-refractivity contribution in [2.24, 2.45) is 0 Å². The van der Waals surface area contributed by atoms with Gasteiger partial charge >= 0.3 is 17.9 Å². The fourth-order valence-electron chi connectivity index (χ4n) is 2.29. The molecule has 1 saturated heterocycles. The van der Waals surface area contributed by atoms with E-state index in [1.165, 1.54) is 37.8 Å². The van der Waals surface area contributed by atoms with E-state index in [1.807, 2.05) is 0 Å². The number of carbonyl (C=O) groups is 5. The molecule has 0 radical (unpaired) electrons. The second-order valence-electron chi connectivity index (χ2n) is 5.52. The van der Waals surface area contributed by atoms with Crippen LogP contribution in [0.15, 0.2) is 0 Å². The van der Waals surface area contributed by atoms with Gasteiger partial charge in [-0.3, -0.25) is 14.4 Å². The van der Waals surface area contributed by atoms with E-state index < -0.39 is 30.4 Å². The summed E-state index contributed by atoms with van der Waals surface area (Å²) in [6, 6.07) is 0. The van der Waals surface area contributed by atoms with Gasteiger partial charge in [-0.05, 0) is 12.5 Å². The maximum absolute atomic E-state index is 12.1. The van der Waals surface area contributed by atoms with Crippen LogP contribution in [0, 0.1) is 6.92 Å². The molecule has 0 aliphatic carbocycles. The van der Waals surface area contributed by atoms with Crippen LogP contribution >= 0.6 is 23.1 Å². The van der Waals surface area contributed by atoms with E-state index in [1.54, 1.807) is 0 Å². The number of hydrogen-bond acceptors (Lipinski definition) is 10. The van der Waals surface area contributed by atoms with Gasteiger partial charge in [0, 0.05) is 0 Å². The van der Waals surface area contributed by atoms with Crippen molar-refractivity contribution in [2.75, 3.05) is 44.3 Å². The molecule has 0 saturated carbocycles. The lowest BCUT2D eigenvalue weighted by Crippen LogP contribution is -2.33. The molecule has 1 N–H and O–H groups in total. The van der Waals surface area contributed by atoms with E-state index in [9.17, 15) is 24.0 Å². The minimum atomic E-state index is -0.735. The van der Waals surface area contributed by atoms with E-state index in [4.69, 9.17) is 4.74 Å². The van der Waals surface area contributed by atoms with Crippen LogP contribution in [-0.4, -0.2) is 73.6 Å². The van der Waals surface area contributed by atoms with E-state index >= 15 is 0 Å². The first kappa shape index (κ1) is 21.7. The zero-order valence-corrected chi connectivity index (χ0v) is 17.0. The van der Waals surface area contributed by atoms with E-state index in [2.05, 4.69) is 14.8 Å². The number of nitrogens with one attached hydrogen (secondary N) is 1. The molecule has 1 aliphatic heterocycles. The van der Waals surface area contributed by atoms with Crippen molar-refractivity contribution in [1.29, 1.82) is 0 Å². The number of carbonyl (C=O) groups excluding carboxylic acids is 5. The fraction of sp³-hybridized carbons (Fsp3) is 0.438. The smallest absolute Gasteiger partial charge is 0.348 e. The summed E-state index contributed by atoms with van der Waals surface area (Å²) in [4.78, 5) is 60.6. The summed E-state index contributed by atoms with van der Waals surface area (Å²) in [5, 5.41) is 2.51. The molecule has 0 unspecified atom stereocenters. The Hall–Kier alpha value is -2.60. The molecular weight excluding hydrogens is 412 g/mol. The van der Waals surface area contributed by atoms with Crippen LogP contribution in [0.4, 0.5) is 5.00 Å². The second-order valence-corrected chi connectivity index (χ2v) is 7.50. The van der Waals surface area contributed by atoms with Crippen molar-refractivity contribution in [3.05, 3.63) is 16.0 Å². The zero-order chi connectivity index (χ0) is 20.8. The lowest BCUT2D eigenvalue weighted by molar-refractivity contribution is -0.150. The predicted octanol–water partition coefficient (Wildman–Crippen LogP) is 0.644. The molecule has 0 spiro atoms. The zero-order valence-electron chi connectivity index (χ0n) is 15.4. The van der Waals surface area contributed by atoms with Crippen molar-refractivity contribution in [3.8, 4) is 0 Å². The van der Waals surface area contributed by atoms with Crippen LogP contribution in [0.1, 0.15) is 25.6 Å². The van der Waals surface area contributed by atoms with Crippen LogP contribution in [0.2, 0.25) is 0 Å².